The molecule has 1 saturated carbocycles. The highest BCUT2D eigenvalue weighted by molar-refractivity contribution is 5.77. The quantitative estimate of drug-likeness (QED) is 0.886. The van der Waals surface area contributed by atoms with Crippen molar-refractivity contribution in [2.75, 3.05) is 7.11 Å². The number of ether oxygens (including phenoxy) is 1. The molecule has 0 radical (unpaired) electrons. The van der Waals surface area contributed by atoms with E-state index in [-0.39, 0.29) is 11.9 Å². The number of nitrogens with zero attached hydrogens (tertiary/aromatic N) is 1. The third-order valence-corrected chi connectivity index (χ3v) is 4.59. The highest BCUT2D eigenvalue weighted by Gasteiger charge is 2.21. The van der Waals surface area contributed by atoms with Crippen molar-refractivity contribution in [2.45, 2.75) is 44.2 Å². The van der Waals surface area contributed by atoms with E-state index in [9.17, 15) is 4.79 Å². The summed E-state index contributed by atoms with van der Waals surface area (Å²) in [6.07, 6.45) is 9.16. The van der Waals surface area contributed by atoms with Gasteiger partial charge in [0.25, 0.3) is 0 Å². The molecule has 122 valence electrons. The van der Waals surface area contributed by atoms with Crippen LogP contribution in [-0.4, -0.2) is 23.6 Å². The molecule has 23 heavy (non-hydrogen) atoms. The van der Waals surface area contributed by atoms with Crippen molar-refractivity contribution in [3.8, 4) is 5.75 Å². The molecule has 1 atom stereocenters. The predicted molar refractivity (Wildman–Crippen MR) is 90.6 cm³/mol. The third kappa shape index (κ3) is 3.95. The molecule has 1 heterocycles. The first-order valence-corrected chi connectivity index (χ1v) is 8.32. The Morgan fingerprint density at radius 1 is 1.22 bits per heavy atom. The van der Waals surface area contributed by atoms with E-state index < -0.39 is 0 Å². The van der Waals surface area contributed by atoms with Gasteiger partial charge in [0.15, 0.2) is 0 Å². The minimum absolute atomic E-state index is 0.0114. The minimum Gasteiger partial charge on any atom is -0.497 e. The monoisotopic (exact) mass is 312 g/mol. The van der Waals surface area contributed by atoms with E-state index in [0.717, 1.165) is 24.2 Å². The van der Waals surface area contributed by atoms with E-state index in [0.29, 0.717) is 12.5 Å². The van der Waals surface area contributed by atoms with Gasteiger partial charge in [-0.3, -0.25) is 4.79 Å². The van der Waals surface area contributed by atoms with Gasteiger partial charge in [-0.1, -0.05) is 25.0 Å². The van der Waals surface area contributed by atoms with Crippen LogP contribution in [0.5, 0.6) is 5.75 Å². The number of benzene rings is 1. The van der Waals surface area contributed by atoms with Crippen LogP contribution >= 0.6 is 0 Å². The van der Waals surface area contributed by atoms with Gasteiger partial charge in [0, 0.05) is 18.4 Å². The van der Waals surface area contributed by atoms with Gasteiger partial charge < -0.3 is 14.6 Å². The molecule has 1 aromatic heterocycles. The number of hydrogen-bond donors (Lipinski definition) is 1. The molecule has 1 aliphatic rings. The number of nitrogens with one attached hydrogen (secondary N) is 1. The lowest BCUT2D eigenvalue weighted by Crippen LogP contribution is -2.34. The first kappa shape index (κ1) is 15.7. The average molecular weight is 312 g/mol. The number of amides is 1. The topological polar surface area (TPSA) is 43.3 Å². The van der Waals surface area contributed by atoms with Crippen molar-refractivity contribution in [2.24, 2.45) is 0 Å². The highest BCUT2D eigenvalue weighted by atomic mass is 16.5. The van der Waals surface area contributed by atoms with E-state index in [4.69, 9.17) is 4.74 Å². The van der Waals surface area contributed by atoms with Crippen LogP contribution in [0.1, 0.15) is 43.7 Å². The van der Waals surface area contributed by atoms with Crippen LogP contribution in [0.25, 0.3) is 0 Å². The summed E-state index contributed by atoms with van der Waals surface area (Å²) in [6.45, 7) is 0. The molecule has 2 aromatic rings. The Kier molecular flexibility index (Phi) is 5.01. The maximum absolute atomic E-state index is 12.5. The zero-order chi connectivity index (χ0) is 16.1. The minimum atomic E-state index is 0.0114. The molecule has 1 N–H and O–H groups in total. The normalized spacial score (nSPS) is 16.2. The molecule has 1 amide bonds. The molecular formula is C19H24N2O2. The van der Waals surface area contributed by atoms with Gasteiger partial charge in [-0.2, -0.15) is 0 Å². The van der Waals surface area contributed by atoms with Gasteiger partial charge in [0.2, 0.25) is 5.91 Å². The van der Waals surface area contributed by atoms with Gasteiger partial charge in [-0.25, -0.2) is 0 Å². The van der Waals surface area contributed by atoms with Crippen LogP contribution in [0.4, 0.5) is 0 Å². The zero-order valence-electron chi connectivity index (χ0n) is 13.6. The standard InChI is InChI=1S/C19H24N2O2/c1-23-17-10-8-15(9-11-17)18(21-12-4-5-13-21)14-19(22)20-16-6-2-3-7-16/h4-5,8-13,16,18H,2-3,6-7,14H2,1H3,(H,20,22). The number of carbonyl (C=O) groups excluding carboxylic acids is 1. The Morgan fingerprint density at radius 2 is 1.87 bits per heavy atom. The molecular weight excluding hydrogens is 288 g/mol. The fraction of sp³-hybridized carbons (Fsp3) is 0.421. The molecule has 0 aliphatic heterocycles. The van der Waals surface area contributed by atoms with Crippen LogP contribution in [0, 0.1) is 0 Å². The Labute approximate surface area is 137 Å². The van der Waals surface area contributed by atoms with Crippen molar-refractivity contribution in [1.82, 2.24) is 9.88 Å². The summed E-state index contributed by atoms with van der Waals surface area (Å²) < 4.78 is 7.32. The zero-order valence-corrected chi connectivity index (χ0v) is 13.6. The second kappa shape index (κ2) is 7.36. The summed E-state index contributed by atoms with van der Waals surface area (Å²) in [4.78, 5) is 12.5. The SMILES string of the molecule is COc1ccc(C(CC(=O)NC2CCCC2)n2cccc2)cc1. The fourth-order valence-corrected chi connectivity index (χ4v) is 3.31. The molecule has 1 fully saturated rings. The lowest BCUT2D eigenvalue weighted by molar-refractivity contribution is -0.122. The Morgan fingerprint density at radius 3 is 2.48 bits per heavy atom. The van der Waals surface area contributed by atoms with Crippen molar-refractivity contribution in [3.63, 3.8) is 0 Å². The van der Waals surface area contributed by atoms with E-state index >= 15 is 0 Å². The van der Waals surface area contributed by atoms with Gasteiger partial charge in [0.1, 0.15) is 5.75 Å². The molecule has 0 bridgehead atoms. The molecule has 4 nitrogen and oxygen atoms in total. The van der Waals surface area contributed by atoms with E-state index in [1.807, 2.05) is 48.8 Å². The second-order valence-electron chi connectivity index (χ2n) is 6.17. The van der Waals surface area contributed by atoms with Crippen molar-refractivity contribution in [3.05, 3.63) is 54.4 Å². The highest BCUT2D eigenvalue weighted by Crippen LogP contribution is 2.25. The molecule has 3 rings (SSSR count). The van der Waals surface area contributed by atoms with Crippen molar-refractivity contribution >= 4 is 5.91 Å². The summed E-state index contributed by atoms with van der Waals surface area (Å²) in [7, 11) is 1.66. The number of aromatic nitrogens is 1. The smallest absolute Gasteiger partial charge is 0.222 e. The van der Waals surface area contributed by atoms with Gasteiger partial charge in [-0.05, 0) is 42.7 Å². The lowest BCUT2D eigenvalue weighted by Gasteiger charge is -2.21. The maximum atomic E-state index is 12.5. The molecule has 0 spiro atoms. The molecule has 0 saturated heterocycles. The number of rotatable bonds is 6. The number of methoxy groups -OCH3 is 1. The molecule has 1 aromatic carbocycles. The summed E-state index contributed by atoms with van der Waals surface area (Å²) in [5.41, 5.74) is 1.11. The van der Waals surface area contributed by atoms with Crippen molar-refractivity contribution in [1.29, 1.82) is 0 Å². The van der Waals surface area contributed by atoms with E-state index in [2.05, 4.69) is 9.88 Å². The van der Waals surface area contributed by atoms with Crippen LogP contribution < -0.4 is 10.1 Å². The van der Waals surface area contributed by atoms with Crippen LogP contribution in [0.3, 0.4) is 0 Å². The Bertz CT molecular complexity index is 613. The summed E-state index contributed by atoms with van der Waals surface area (Å²) >= 11 is 0. The van der Waals surface area contributed by atoms with Crippen LogP contribution in [0.2, 0.25) is 0 Å². The summed E-state index contributed by atoms with van der Waals surface area (Å²) in [6, 6.07) is 12.3. The summed E-state index contributed by atoms with van der Waals surface area (Å²) in [5.74, 6) is 0.960. The molecule has 1 unspecified atom stereocenters. The Hall–Kier alpha value is -2.23. The van der Waals surface area contributed by atoms with Crippen LogP contribution in [0.15, 0.2) is 48.8 Å². The van der Waals surface area contributed by atoms with Gasteiger partial charge in [-0.15, -0.1) is 0 Å². The van der Waals surface area contributed by atoms with E-state index in [1.54, 1.807) is 7.11 Å². The second-order valence-corrected chi connectivity index (χ2v) is 6.17. The fourth-order valence-electron chi connectivity index (χ4n) is 3.31. The van der Waals surface area contributed by atoms with Crippen molar-refractivity contribution < 1.29 is 9.53 Å². The van der Waals surface area contributed by atoms with E-state index in [1.165, 1.54) is 12.8 Å². The molecule has 4 heteroatoms. The summed E-state index contributed by atoms with van der Waals surface area (Å²) in [5, 5.41) is 3.19. The Balaban J connectivity index is 1.74. The number of hydrogen-bond acceptors (Lipinski definition) is 2. The number of carbonyl (C=O) groups is 1. The van der Waals surface area contributed by atoms with Crippen LogP contribution in [-0.2, 0) is 4.79 Å². The largest absolute Gasteiger partial charge is 0.497 e. The van der Waals surface area contributed by atoms with Gasteiger partial charge >= 0.3 is 0 Å². The maximum Gasteiger partial charge on any atom is 0.222 e. The predicted octanol–water partition coefficient (Wildman–Crippen LogP) is 3.54. The molecule has 1 aliphatic carbocycles. The van der Waals surface area contributed by atoms with Gasteiger partial charge in [0.05, 0.1) is 19.6 Å². The average Bonchev–Trinajstić information content (AvgIpc) is 3.26. The first-order chi connectivity index (χ1) is 11.3. The lowest BCUT2D eigenvalue weighted by atomic mass is 10.0. The first-order valence-electron chi connectivity index (χ1n) is 8.32. The third-order valence-electron chi connectivity index (χ3n) is 4.59.